The Balaban J connectivity index is 1.72. The number of aromatic nitrogens is 2. The zero-order valence-corrected chi connectivity index (χ0v) is 16.1. The highest BCUT2D eigenvalue weighted by atomic mass is 16.6. The summed E-state index contributed by atoms with van der Waals surface area (Å²) in [6, 6.07) is 10.8. The largest absolute Gasteiger partial charge is 0.502 e. The van der Waals surface area contributed by atoms with E-state index in [9.17, 15) is 30.1 Å². The number of aromatic hydroxyl groups is 1. The number of hydrogen-bond acceptors (Lipinski definition) is 8. The maximum absolute atomic E-state index is 12.2. The van der Waals surface area contributed by atoms with Crippen LogP contribution in [0.25, 0.3) is 0 Å². The molecule has 0 atom stereocenters. The summed E-state index contributed by atoms with van der Waals surface area (Å²) in [5.41, 5.74) is 2.59. The summed E-state index contributed by atoms with van der Waals surface area (Å²) in [7, 11) is 0. The zero-order chi connectivity index (χ0) is 22.5. The van der Waals surface area contributed by atoms with Crippen molar-refractivity contribution in [3.05, 3.63) is 91.3 Å². The molecule has 0 saturated heterocycles. The van der Waals surface area contributed by atoms with Crippen molar-refractivity contribution in [3.8, 4) is 5.75 Å². The van der Waals surface area contributed by atoms with Gasteiger partial charge in [-0.1, -0.05) is 29.8 Å². The van der Waals surface area contributed by atoms with Gasteiger partial charge in [0.1, 0.15) is 0 Å². The molecule has 0 saturated carbocycles. The van der Waals surface area contributed by atoms with Crippen molar-refractivity contribution in [2.24, 2.45) is 5.10 Å². The maximum Gasteiger partial charge on any atom is 0.318 e. The number of hydrazone groups is 1. The molecule has 3 aromatic rings. The minimum Gasteiger partial charge on any atom is -0.502 e. The Labute approximate surface area is 174 Å². The Kier molecular flexibility index (Phi) is 6.00. The number of nitrogens with one attached hydrogen (secondary N) is 1. The fraction of sp³-hybridized carbons (Fsp3) is 0.105. The number of non-ortho nitro benzene ring substituents is 1. The van der Waals surface area contributed by atoms with Gasteiger partial charge in [-0.15, -0.1) is 0 Å². The lowest BCUT2D eigenvalue weighted by molar-refractivity contribution is -0.394. The lowest BCUT2D eigenvalue weighted by Gasteiger charge is -2.03. The monoisotopic (exact) mass is 424 g/mol. The van der Waals surface area contributed by atoms with Gasteiger partial charge in [-0.05, 0) is 18.6 Å². The Morgan fingerprint density at radius 1 is 1.23 bits per heavy atom. The van der Waals surface area contributed by atoms with Gasteiger partial charge < -0.3 is 5.11 Å². The fourth-order valence-corrected chi connectivity index (χ4v) is 2.75. The number of hydrogen-bond donors (Lipinski definition) is 2. The number of carbonyl (C=O) groups excluding carboxylic acids is 1. The molecule has 12 nitrogen and oxygen atoms in total. The van der Waals surface area contributed by atoms with Gasteiger partial charge in [0.25, 0.3) is 11.6 Å². The quantitative estimate of drug-likeness (QED) is 0.334. The number of phenols is 1. The van der Waals surface area contributed by atoms with Crippen LogP contribution in [0, 0.1) is 27.2 Å². The minimum atomic E-state index is -0.959. The van der Waals surface area contributed by atoms with Gasteiger partial charge in [0, 0.05) is 12.3 Å². The molecule has 3 rings (SSSR count). The van der Waals surface area contributed by atoms with Gasteiger partial charge in [-0.2, -0.15) is 10.2 Å². The second-order valence-corrected chi connectivity index (χ2v) is 6.50. The van der Waals surface area contributed by atoms with Gasteiger partial charge >= 0.3 is 5.69 Å². The molecule has 0 aliphatic heterocycles. The van der Waals surface area contributed by atoms with E-state index in [0.29, 0.717) is 12.6 Å². The number of rotatable bonds is 7. The topological polar surface area (TPSA) is 166 Å². The van der Waals surface area contributed by atoms with Gasteiger partial charge in [-0.3, -0.25) is 29.7 Å². The Morgan fingerprint density at radius 2 is 2.00 bits per heavy atom. The van der Waals surface area contributed by atoms with E-state index >= 15 is 0 Å². The average Bonchev–Trinajstić information content (AvgIpc) is 3.17. The second kappa shape index (κ2) is 8.82. The van der Waals surface area contributed by atoms with Crippen molar-refractivity contribution in [2.75, 3.05) is 0 Å². The first-order valence-corrected chi connectivity index (χ1v) is 8.83. The summed E-state index contributed by atoms with van der Waals surface area (Å²) in [5, 5.41) is 39.6. The van der Waals surface area contributed by atoms with E-state index in [-0.39, 0.29) is 11.3 Å². The smallest absolute Gasteiger partial charge is 0.318 e. The van der Waals surface area contributed by atoms with Gasteiger partial charge in [-0.25, -0.2) is 5.43 Å². The van der Waals surface area contributed by atoms with Crippen LogP contribution in [-0.4, -0.2) is 36.9 Å². The molecule has 12 heteroatoms. The van der Waals surface area contributed by atoms with E-state index in [1.807, 2.05) is 31.2 Å². The van der Waals surface area contributed by atoms with E-state index in [1.165, 1.54) is 6.07 Å². The fourth-order valence-electron chi connectivity index (χ4n) is 2.75. The lowest BCUT2D eigenvalue weighted by Crippen LogP contribution is -2.18. The molecule has 2 N–H and O–H groups in total. The third kappa shape index (κ3) is 5.06. The van der Waals surface area contributed by atoms with Crippen LogP contribution < -0.4 is 5.43 Å². The first-order chi connectivity index (χ1) is 14.7. The van der Waals surface area contributed by atoms with E-state index in [2.05, 4.69) is 15.6 Å². The molecule has 0 spiro atoms. The highest BCUT2D eigenvalue weighted by molar-refractivity contribution is 5.93. The Morgan fingerprint density at radius 3 is 2.68 bits per heavy atom. The molecule has 0 aliphatic rings. The summed E-state index contributed by atoms with van der Waals surface area (Å²) in [6.07, 6.45) is 2.49. The molecule has 0 aliphatic carbocycles. The number of aryl methyl sites for hydroxylation is 1. The molecule has 31 heavy (non-hydrogen) atoms. The van der Waals surface area contributed by atoms with Crippen molar-refractivity contribution < 1.29 is 19.7 Å². The number of amides is 1. The van der Waals surface area contributed by atoms with Crippen molar-refractivity contribution in [3.63, 3.8) is 0 Å². The summed E-state index contributed by atoms with van der Waals surface area (Å²) in [4.78, 5) is 32.3. The predicted octanol–water partition coefficient (Wildman–Crippen LogP) is 2.53. The zero-order valence-electron chi connectivity index (χ0n) is 16.1. The van der Waals surface area contributed by atoms with Gasteiger partial charge in [0.15, 0.2) is 5.69 Å². The second-order valence-electron chi connectivity index (χ2n) is 6.50. The molecule has 1 aromatic heterocycles. The summed E-state index contributed by atoms with van der Waals surface area (Å²) in [5.74, 6) is -1.48. The molecule has 0 bridgehead atoms. The summed E-state index contributed by atoms with van der Waals surface area (Å²) in [6.45, 7) is 2.43. The SMILES string of the molecule is Cc1cccc(Cn2ccc(C(=O)N/N=C\c3cc([N+](=O)[O-])cc([N+](=O)[O-])c3O)n2)c1. The van der Waals surface area contributed by atoms with Crippen molar-refractivity contribution >= 4 is 23.5 Å². The first-order valence-electron chi connectivity index (χ1n) is 8.83. The van der Waals surface area contributed by atoms with Crippen molar-refractivity contribution in [2.45, 2.75) is 13.5 Å². The Bertz CT molecular complexity index is 1200. The lowest BCUT2D eigenvalue weighted by atomic mass is 10.1. The normalized spacial score (nSPS) is 10.9. The van der Waals surface area contributed by atoms with E-state index in [1.54, 1.807) is 10.9 Å². The number of nitro benzene ring substituents is 2. The number of nitro groups is 2. The van der Waals surface area contributed by atoms with E-state index in [0.717, 1.165) is 23.4 Å². The molecule has 0 fully saturated rings. The van der Waals surface area contributed by atoms with Crippen LogP contribution >= 0.6 is 0 Å². The summed E-state index contributed by atoms with van der Waals surface area (Å²) < 4.78 is 1.57. The standard InChI is InChI=1S/C19H16N6O6/c1-12-3-2-4-13(7-12)11-23-6-5-16(22-23)19(27)21-20-10-14-8-15(24(28)29)9-17(18(14)26)25(30)31/h2-10,26H,11H2,1H3,(H,21,27)/b20-10-. The molecule has 0 unspecified atom stereocenters. The van der Waals surface area contributed by atoms with Crippen LogP contribution in [0.4, 0.5) is 11.4 Å². The van der Waals surface area contributed by atoms with Gasteiger partial charge in [0.05, 0.1) is 34.2 Å². The number of carbonyl (C=O) groups is 1. The van der Waals surface area contributed by atoms with Crippen LogP contribution in [-0.2, 0) is 6.54 Å². The van der Waals surface area contributed by atoms with Crippen LogP contribution in [0.5, 0.6) is 5.75 Å². The predicted molar refractivity (Wildman–Crippen MR) is 109 cm³/mol. The number of benzene rings is 2. The molecule has 0 radical (unpaired) electrons. The average molecular weight is 424 g/mol. The number of phenolic OH excluding ortho intramolecular Hbond substituents is 1. The minimum absolute atomic E-state index is 0.0686. The Hall–Kier alpha value is -4.61. The molecular weight excluding hydrogens is 408 g/mol. The highest BCUT2D eigenvalue weighted by Gasteiger charge is 2.23. The van der Waals surface area contributed by atoms with Crippen LogP contribution in [0.3, 0.4) is 0 Å². The van der Waals surface area contributed by atoms with Crippen molar-refractivity contribution in [1.82, 2.24) is 15.2 Å². The van der Waals surface area contributed by atoms with E-state index < -0.39 is 32.9 Å². The first kappa shape index (κ1) is 21.1. The van der Waals surface area contributed by atoms with Crippen LogP contribution in [0.1, 0.15) is 27.2 Å². The molecule has 2 aromatic carbocycles. The number of nitrogens with zero attached hydrogens (tertiary/aromatic N) is 5. The third-order valence-electron chi connectivity index (χ3n) is 4.18. The summed E-state index contributed by atoms with van der Waals surface area (Å²) >= 11 is 0. The molecule has 1 amide bonds. The highest BCUT2D eigenvalue weighted by Crippen LogP contribution is 2.33. The molecular formula is C19H16N6O6. The van der Waals surface area contributed by atoms with Gasteiger partial charge in [0.2, 0.25) is 5.75 Å². The maximum atomic E-state index is 12.2. The third-order valence-corrected chi connectivity index (χ3v) is 4.18. The molecule has 158 valence electrons. The van der Waals surface area contributed by atoms with Crippen LogP contribution in [0.2, 0.25) is 0 Å². The molecule has 1 heterocycles. The van der Waals surface area contributed by atoms with Crippen molar-refractivity contribution in [1.29, 1.82) is 0 Å². The van der Waals surface area contributed by atoms with E-state index in [4.69, 9.17) is 0 Å². The van der Waals surface area contributed by atoms with Crippen LogP contribution in [0.15, 0.2) is 53.8 Å².